The number of amides is 1. The van der Waals surface area contributed by atoms with Gasteiger partial charge >= 0.3 is 0 Å². The molecule has 0 bridgehead atoms. The van der Waals surface area contributed by atoms with Crippen LogP contribution in [0.4, 0.5) is 11.4 Å². The molecule has 1 amide bonds. The van der Waals surface area contributed by atoms with Gasteiger partial charge in [0.2, 0.25) is 0 Å². The van der Waals surface area contributed by atoms with E-state index in [1.54, 1.807) is 12.3 Å². The molecule has 0 fully saturated rings. The molecule has 4 nitrogen and oxygen atoms in total. The predicted molar refractivity (Wildman–Crippen MR) is 95.3 cm³/mol. The Bertz CT molecular complexity index is 635. The molecule has 23 heavy (non-hydrogen) atoms. The third-order valence-corrected chi connectivity index (χ3v) is 3.67. The van der Waals surface area contributed by atoms with E-state index >= 15 is 0 Å². The van der Waals surface area contributed by atoms with Gasteiger partial charge in [-0.15, -0.1) is 0 Å². The number of nitrogens with zero attached hydrogens (tertiary/aromatic N) is 1. The van der Waals surface area contributed by atoms with Gasteiger partial charge in [-0.1, -0.05) is 39.3 Å². The van der Waals surface area contributed by atoms with Gasteiger partial charge in [-0.05, 0) is 42.2 Å². The summed E-state index contributed by atoms with van der Waals surface area (Å²) < 4.78 is 0. The lowest BCUT2D eigenvalue weighted by Crippen LogP contribution is -2.25. The molecular formula is C19H25N3O. The highest BCUT2D eigenvalue weighted by Crippen LogP contribution is 2.20. The minimum absolute atomic E-state index is 0.128. The molecule has 0 aliphatic heterocycles. The van der Waals surface area contributed by atoms with E-state index in [-0.39, 0.29) is 5.91 Å². The highest BCUT2D eigenvalue weighted by atomic mass is 16.1. The molecule has 0 spiro atoms. The molecule has 0 saturated carbocycles. The molecule has 0 aliphatic rings. The summed E-state index contributed by atoms with van der Waals surface area (Å²) in [5.74, 6) is 0.389. The summed E-state index contributed by atoms with van der Waals surface area (Å²) in [6, 6.07) is 12.0. The van der Waals surface area contributed by atoms with Crippen molar-refractivity contribution in [3.8, 4) is 0 Å². The maximum atomic E-state index is 12.0. The molecule has 0 saturated heterocycles. The molecule has 0 unspecified atom stereocenters. The number of anilines is 2. The number of carbonyl (C=O) groups is 1. The van der Waals surface area contributed by atoms with Gasteiger partial charge in [0, 0.05) is 24.1 Å². The van der Waals surface area contributed by atoms with Crippen LogP contribution in [0.25, 0.3) is 0 Å². The van der Waals surface area contributed by atoms with Crippen LogP contribution in [0.3, 0.4) is 0 Å². The zero-order valence-electron chi connectivity index (χ0n) is 14.1. The van der Waals surface area contributed by atoms with E-state index in [9.17, 15) is 4.79 Å². The highest BCUT2D eigenvalue weighted by Gasteiger charge is 2.07. The molecule has 4 heteroatoms. The third kappa shape index (κ3) is 5.09. The second kappa shape index (κ2) is 8.32. The first-order valence-electron chi connectivity index (χ1n) is 8.21. The van der Waals surface area contributed by atoms with E-state index < -0.39 is 0 Å². The largest absolute Gasteiger partial charge is 0.355 e. The molecule has 1 aromatic heterocycles. The first-order valence-corrected chi connectivity index (χ1v) is 8.21. The lowest BCUT2D eigenvalue weighted by atomic mass is 10.0. The minimum atomic E-state index is -0.128. The Labute approximate surface area is 138 Å². The summed E-state index contributed by atoms with van der Waals surface area (Å²) in [4.78, 5) is 16.2. The SMILES string of the molecule is CCCCNC(=O)c1cc(Nc2ccc(C(C)C)cc2)ccn1. The molecule has 0 atom stereocenters. The van der Waals surface area contributed by atoms with Gasteiger partial charge < -0.3 is 10.6 Å². The van der Waals surface area contributed by atoms with Crippen LogP contribution < -0.4 is 10.6 Å². The Morgan fingerprint density at radius 3 is 2.52 bits per heavy atom. The van der Waals surface area contributed by atoms with Gasteiger partial charge in [-0.2, -0.15) is 0 Å². The second-order valence-corrected chi connectivity index (χ2v) is 5.94. The zero-order valence-corrected chi connectivity index (χ0v) is 14.1. The smallest absolute Gasteiger partial charge is 0.269 e. The summed E-state index contributed by atoms with van der Waals surface area (Å²) in [6.45, 7) is 7.13. The zero-order chi connectivity index (χ0) is 16.7. The van der Waals surface area contributed by atoms with Gasteiger partial charge in [0.1, 0.15) is 5.69 Å². The number of unbranched alkanes of at least 4 members (excludes halogenated alkanes) is 1. The average Bonchev–Trinajstić information content (AvgIpc) is 2.56. The van der Waals surface area contributed by atoms with Crippen LogP contribution in [0.2, 0.25) is 0 Å². The van der Waals surface area contributed by atoms with Crippen molar-refractivity contribution in [3.63, 3.8) is 0 Å². The summed E-state index contributed by atoms with van der Waals surface area (Å²) in [6.07, 6.45) is 3.69. The van der Waals surface area contributed by atoms with Crippen LogP contribution in [0, 0.1) is 0 Å². The second-order valence-electron chi connectivity index (χ2n) is 5.94. The Kier molecular flexibility index (Phi) is 6.15. The molecule has 2 rings (SSSR count). The van der Waals surface area contributed by atoms with E-state index in [4.69, 9.17) is 0 Å². The van der Waals surface area contributed by atoms with Crippen molar-refractivity contribution in [3.05, 3.63) is 53.9 Å². The average molecular weight is 311 g/mol. The van der Waals surface area contributed by atoms with E-state index in [0.29, 0.717) is 18.2 Å². The molecule has 0 aliphatic carbocycles. The van der Waals surface area contributed by atoms with Gasteiger partial charge in [-0.3, -0.25) is 9.78 Å². The molecule has 1 heterocycles. The van der Waals surface area contributed by atoms with Crippen LogP contribution in [0.1, 0.15) is 55.6 Å². The van der Waals surface area contributed by atoms with Crippen molar-refractivity contribution in [2.45, 2.75) is 39.5 Å². The summed E-state index contributed by atoms with van der Waals surface area (Å²) >= 11 is 0. The molecule has 0 radical (unpaired) electrons. The topological polar surface area (TPSA) is 54.0 Å². The first-order chi connectivity index (χ1) is 11.1. The Hall–Kier alpha value is -2.36. The highest BCUT2D eigenvalue weighted by molar-refractivity contribution is 5.93. The first kappa shape index (κ1) is 17.0. The number of carbonyl (C=O) groups excluding carboxylic acids is 1. The standard InChI is InChI=1S/C19H25N3O/c1-4-5-11-21-19(23)18-13-17(10-12-20-18)22-16-8-6-15(7-9-16)14(2)3/h6-10,12-14H,4-5,11H2,1-3H3,(H,20,22)(H,21,23). The van der Waals surface area contributed by atoms with Crippen LogP contribution >= 0.6 is 0 Å². The number of benzene rings is 1. The number of rotatable bonds is 7. The molecule has 1 aromatic carbocycles. The fraction of sp³-hybridized carbons (Fsp3) is 0.368. The van der Waals surface area contributed by atoms with Crippen molar-refractivity contribution in [2.24, 2.45) is 0 Å². The summed E-state index contributed by atoms with van der Waals surface area (Å²) in [5.41, 5.74) is 3.60. The Morgan fingerprint density at radius 2 is 1.87 bits per heavy atom. The van der Waals surface area contributed by atoms with E-state index in [1.165, 1.54) is 5.56 Å². The van der Waals surface area contributed by atoms with Crippen molar-refractivity contribution < 1.29 is 4.79 Å². The summed E-state index contributed by atoms with van der Waals surface area (Å²) in [5, 5.41) is 6.19. The van der Waals surface area contributed by atoms with Gasteiger partial charge in [-0.25, -0.2) is 0 Å². The maximum Gasteiger partial charge on any atom is 0.269 e. The molecule has 2 aromatic rings. The van der Waals surface area contributed by atoms with Crippen molar-refractivity contribution in [1.29, 1.82) is 0 Å². The number of aromatic nitrogens is 1. The van der Waals surface area contributed by atoms with Crippen molar-refractivity contribution >= 4 is 17.3 Å². The van der Waals surface area contributed by atoms with Crippen LogP contribution in [0.5, 0.6) is 0 Å². The molecule has 122 valence electrons. The van der Waals surface area contributed by atoms with Gasteiger partial charge in [0.05, 0.1) is 0 Å². The van der Waals surface area contributed by atoms with E-state index in [2.05, 4.69) is 60.7 Å². The normalized spacial score (nSPS) is 10.6. The van der Waals surface area contributed by atoms with Gasteiger partial charge in [0.25, 0.3) is 5.91 Å². The number of hydrogen-bond acceptors (Lipinski definition) is 3. The molecule has 2 N–H and O–H groups in total. The van der Waals surface area contributed by atoms with Crippen LogP contribution in [0.15, 0.2) is 42.6 Å². The Morgan fingerprint density at radius 1 is 1.13 bits per heavy atom. The van der Waals surface area contributed by atoms with Gasteiger partial charge in [0.15, 0.2) is 0 Å². The minimum Gasteiger partial charge on any atom is -0.355 e. The van der Waals surface area contributed by atoms with E-state index in [1.807, 2.05) is 6.07 Å². The molecular weight excluding hydrogens is 286 g/mol. The van der Waals surface area contributed by atoms with Crippen LogP contribution in [-0.4, -0.2) is 17.4 Å². The Balaban J connectivity index is 2.03. The lowest BCUT2D eigenvalue weighted by molar-refractivity contribution is 0.0948. The third-order valence-electron chi connectivity index (χ3n) is 3.67. The number of hydrogen-bond donors (Lipinski definition) is 2. The fourth-order valence-corrected chi connectivity index (χ4v) is 2.22. The van der Waals surface area contributed by atoms with E-state index in [0.717, 1.165) is 24.2 Å². The quantitative estimate of drug-likeness (QED) is 0.741. The number of nitrogens with one attached hydrogen (secondary N) is 2. The number of pyridine rings is 1. The monoisotopic (exact) mass is 311 g/mol. The van der Waals surface area contributed by atoms with Crippen LogP contribution in [-0.2, 0) is 0 Å². The van der Waals surface area contributed by atoms with Crippen molar-refractivity contribution in [2.75, 3.05) is 11.9 Å². The van der Waals surface area contributed by atoms with Crippen molar-refractivity contribution in [1.82, 2.24) is 10.3 Å². The fourth-order valence-electron chi connectivity index (χ4n) is 2.22. The predicted octanol–water partition coefficient (Wildman–Crippen LogP) is 4.48. The summed E-state index contributed by atoms with van der Waals surface area (Å²) in [7, 11) is 0. The lowest BCUT2D eigenvalue weighted by Gasteiger charge is -2.10. The maximum absolute atomic E-state index is 12.0.